The quantitative estimate of drug-likeness (QED) is 0.571. The lowest BCUT2D eigenvalue weighted by Gasteiger charge is -2.17. The number of amides is 1. The zero-order valence-corrected chi connectivity index (χ0v) is 15.8. The predicted octanol–water partition coefficient (Wildman–Crippen LogP) is 5.35. The fourth-order valence-electron chi connectivity index (χ4n) is 2.64. The van der Waals surface area contributed by atoms with E-state index in [1.807, 2.05) is 36.4 Å². The van der Waals surface area contributed by atoms with Crippen LogP contribution in [0.3, 0.4) is 0 Å². The molecule has 0 spiro atoms. The Balaban J connectivity index is 1.54. The molecule has 3 aromatic rings. The van der Waals surface area contributed by atoms with Gasteiger partial charge in [-0.25, -0.2) is 0 Å². The van der Waals surface area contributed by atoms with Gasteiger partial charge in [-0.1, -0.05) is 58.7 Å². The highest BCUT2D eigenvalue weighted by Gasteiger charge is 2.15. The summed E-state index contributed by atoms with van der Waals surface area (Å²) in [4.78, 5) is 14.1. The van der Waals surface area contributed by atoms with E-state index in [9.17, 15) is 4.79 Å². The average Bonchev–Trinajstić information content (AvgIpc) is 3.11. The molecule has 134 valence electrons. The van der Waals surface area contributed by atoms with Crippen LogP contribution in [0.4, 0.5) is 0 Å². The maximum atomic E-state index is 12.5. The normalized spacial score (nSPS) is 10.7. The molecule has 4 nitrogen and oxygen atoms in total. The summed E-state index contributed by atoms with van der Waals surface area (Å²) in [5, 5.41) is 4.97. The molecule has 0 atom stereocenters. The van der Waals surface area contributed by atoms with Gasteiger partial charge in [0.05, 0.1) is 10.6 Å². The maximum absolute atomic E-state index is 12.5. The van der Waals surface area contributed by atoms with Gasteiger partial charge >= 0.3 is 0 Å². The first-order valence-corrected chi connectivity index (χ1v) is 9.01. The predicted molar refractivity (Wildman–Crippen MR) is 104 cm³/mol. The van der Waals surface area contributed by atoms with Gasteiger partial charge in [0.1, 0.15) is 11.5 Å². The van der Waals surface area contributed by atoms with Crippen LogP contribution >= 0.6 is 23.2 Å². The van der Waals surface area contributed by atoms with E-state index >= 15 is 0 Å². The van der Waals surface area contributed by atoms with E-state index in [2.05, 4.69) is 5.16 Å². The molecule has 0 aliphatic rings. The van der Waals surface area contributed by atoms with Crippen LogP contribution in [-0.4, -0.2) is 29.6 Å². The highest BCUT2D eigenvalue weighted by molar-refractivity contribution is 6.36. The minimum atomic E-state index is -0.130. The third-order valence-corrected chi connectivity index (χ3v) is 4.60. The van der Waals surface area contributed by atoms with Gasteiger partial charge < -0.3 is 9.42 Å². The van der Waals surface area contributed by atoms with Gasteiger partial charge in [-0.2, -0.15) is 0 Å². The lowest BCUT2D eigenvalue weighted by molar-refractivity contribution is 0.0793. The lowest BCUT2D eigenvalue weighted by atomic mass is 10.1. The number of aryl methyl sites for hydroxylation is 1. The number of carbonyl (C=O) groups excluding carboxylic acids is 1. The second-order valence-corrected chi connectivity index (χ2v) is 6.84. The van der Waals surface area contributed by atoms with Crippen molar-refractivity contribution in [3.8, 4) is 11.3 Å². The smallest absolute Gasteiger partial charge is 0.255 e. The summed E-state index contributed by atoms with van der Waals surface area (Å²) < 4.78 is 5.39. The summed E-state index contributed by atoms with van der Waals surface area (Å²) >= 11 is 12.0. The second kappa shape index (κ2) is 8.39. The van der Waals surface area contributed by atoms with Gasteiger partial charge in [-0.3, -0.25) is 4.79 Å². The molecule has 0 aliphatic heterocycles. The summed E-state index contributed by atoms with van der Waals surface area (Å²) in [6.45, 7) is 0.582. The first kappa shape index (κ1) is 18.5. The first-order chi connectivity index (χ1) is 12.5. The van der Waals surface area contributed by atoms with E-state index in [0.29, 0.717) is 28.6 Å². The number of nitrogens with zero attached hydrogens (tertiary/aromatic N) is 2. The Morgan fingerprint density at radius 1 is 1.12 bits per heavy atom. The van der Waals surface area contributed by atoms with Gasteiger partial charge in [-0.05, 0) is 24.6 Å². The summed E-state index contributed by atoms with van der Waals surface area (Å²) in [6, 6.07) is 16.7. The van der Waals surface area contributed by atoms with E-state index in [4.69, 9.17) is 27.7 Å². The second-order valence-electron chi connectivity index (χ2n) is 6.00. The van der Waals surface area contributed by atoms with E-state index in [0.717, 1.165) is 23.4 Å². The van der Waals surface area contributed by atoms with Crippen LogP contribution in [0.25, 0.3) is 11.3 Å². The Bertz CT molecular complexity index is 894. The van der Waals surface area contributed by atoms with Crippen molar-refractivity contribution >= 4 is 29.1 Å². The van der Waals surface area contributed by atoms with E-state index in [1.165, 1.54) is 0 Å². The van der Waals surface area contributed by atoms with Gasteiger partial charge in [0.25, 0.3) is 5.91 Å². The van der Waals surface area contributed by atoms with Crippen LogP contribution in [0.5, 0.6) is 0 Å². The first-order valence-electron chi connectivity index (χ1n) is 8.26. The molecule has 0 radical (unpaired) electrons. The van der Waals surface area contributed by atoms with Crippen LogP contribution in [0.2, 0.25) is 10.0 Å². The molecule has 3 rings (SSSR count). The summed E-state index contributed by atoms with van der Waals surface area (Å²) in [7, 11) is 1.75. The molecule has 26 heavy (non-hydrogen) atoms. The largest absolute Gasteiger partial charge is 0.361 e. The van der Waals surface area contributed by atoms with Crippen molar-refractivity contribution in [1.82, 2.24) is 10.1 Å². The Morgan fingerprint density at radius 3 is 2.62 bits per heavy atom. The monoisotopic (exact) mass is 388 g/mol. The van der Waals surface area contributed by atoms with Crippen molar-refractivity contribution in [3.63, 3.8) is 0 Å². The van der Waals surface area contributed by atoms with Crippen molar-refractivity contribution in [2.75, 3.05) is 13.6 Å². The fraction of sp³-hybridized carbons (Fsp3) is 0.200. The van der Waals surface area contributed by atoms with Crippen molar-refractivity contribution in [3.05, 3.63) is 76.0 Å². The van der Waals surface area contributed by atoms with Crippen molar-refractivity contribution in [2.45, 2.75) is 12.8 Å². The highest BCUT2D eigenvalue weighted by atomic mass is 35.5. The van der Waals surface area contributed by atoms with Crippen LogP contribution < -0.4 is 0 Å². The molecule has 0 saturated heterocycles. The third kappa shape index (κ3) is 4.45. The van der Waals surface area contributed by atoms with Crippen LogP contribution in [0, 0.1) is 0 Å². The molecule has 1 aromatic heterocycles. The lowest BCUT2D eigenvalue weighted by Crippen LogP contribution is -2.28. The van der Waals surface area contributed by atoms with Gasteiger partial charge in [0.2, 0.25) is 0 Å². The van der Waals surface area contributed by atoms with Crippen molar-refractivity contribution < 1.29 is 9.32 Å². The molecular formula is C20H18Cl2N2O2. The Morgan fingerprint density at radius 2 is 1.88 bits per heavy atom. The Hall–Kier alpha value is -2.30. The number of carbonyl (C=O) groups is 1. The van der Waals surface area contributed by atoms with Crippen LogP contribution in [-0.2, 0) is 6.42 Å². The Labute approximate surface area is 162 Å². The Kier molecular flexibility index (Phi) is 5.96. The summed E-state index contributed by atoms with van der Waals surface area (Å²) in [5.74, 6) is 0.670. The molecule has 0 fully saturated rings. The average molecular weight is 389 g/mol. The fourth-order valence-corrected chi connectivity index (χ4v) is 3.13. The summed E-state index contributed by atoms with van der Waals surface area (Å²) in [5.41, 5.74) is 2.29. The molecule has 0 saturated carbocycles. The standard InChI is InChI=1S/C20H18Cl2N2O2/c1-24(20(25)17-10-9-15(21)12-18(17)22)11-5-8-16-13-19(23-26-16)14-6-3-2-4-7-14/h2-4,6-7,9-10,12-13H,5,8,11H2,1H3. The number of rotatable bonds is 6. The zero-order valence-electron chi connectivity index (χ0n) is 14.3. The minimum absolute atomic E-state index is 0.130. The van der Waals surface area contributed by atoms with Crippen molar-refractivity contribution in [2.24, 2.45) is 0 Å². The molecule has 0 aliphatic carbocycles. The summed E-state index contributed by atoms with van der Waals surface area (Å²) in [6.07, 6.45) is 1.46. The van der Waals surface area contributed by atoms with E-state index < -0.39 is 0 Å². The SMILES string of the molecule is CN(CCCc1cc(-c2ccccc2)no1)C(=O)c1ccc(Cl)cc1Cl. The molecule has 0 N–H and O–H groups in total. The van der Waals surface area contributed by atoms with Crippen molar-refractivity contribution in [1.29, 1.82) is 0 Å². The zero-order chi connectivity index (χ0) is 18.5. The topological polar surface area (TPSA) is 46.3 Å². The molecule has 1 heterocycles. The molecule has 2 aromatic carbocycles. The number of hydrogen-bond donors (Lipinski definition) is 0. The number of benzene rings is 2. The van der Waals surface area contributed by atoms with Crippen LogP contribution in [0.15, 0.2) is 59.1 Å². The van der Waals surface area contributed by atoms with E-state index in [1.54, 1.807) is 30.1 Å². The van der Waals surface area contributed by atoms with E-state index in [-0.39, 0.29) is 5.91 Å². The molecule has 6 heteroatoms. The molecular weight excluding hydrogens is 371 g/mol. The molecule has 0 unspecified atom stereocenters. The molecule has 1 amide bonds. The number of aromatic nitrogens is 1. The highest BCUT2D eigenvalue weighted by Crippen LogP contribution is 2.22. The maximum Gasteiger partial charge on any atom is 0.255 e. The third-order valence-electron chi connectivity index (χ3n) is 4.05. The van der Waals surface area contributed by atoms with Gasteiger partial charge in [-0.15, -0.1) is 0 Å². The minimum Gasteiger partial charge on any atom is -0.361 e. The van der Waals surface area contributed by atoms with Crippen LogP contribution in [0.1, 0.15) is 22.5 Å². The number of halogens is 2. The van der Waals surface area contributed by atoms with Gasteiger partial charge in [0, 0.05) is 36.7 Å². The van der Waals surface area contributed by atoms with Gasteiger partial charge in [0.15, 0.2) is 0 Å². The molecule has 0 bridgehead atoms. The number of hydrogen-bond acceptors (Lipinski definition) is 3.